The first kappa shape index (κ1) is 21.5. The van der Waals surface area contributed by atoms with E-state index in [4.69, 9.17) is 33.0 Å². The van der Waals surface area contributed by atoms with Crippen molar-refractivity contribution in [1.29, 1.82) is 0 Å². The topological polar surface area (TPSA) is 50.5 Å². The quantitative estimate of drug-likeness (QED) is 0.333. The smallest absolute Gasteiger partial charge is 0.174 e. The van der Waals surface area contributed by atoms with Crippen molar-refractivity contribution in [2.75, 3.05) is 12.0 Å². The molecule has 1 aliphatic heterocycles. The number of benzene rings is 2. The van der Waals surface area contributed by atoms with Crippen molar-refractivity contribution >= 4 is 34.6 Å². The fourth-order valence-corrected chi connectivity index (χ4v) is 4.76. The minimum absolute atomic E-state index is 0.205. The Morgan fingerprint density at radius 3 is 2.67 bits per heavy atom. The molecular weight excluding hydrogens is 454 g/mol. The number of furan rings is 1. The highest BCUT2D eigenvalue weighted by molar-refractivity contribution is 7.80. The number of para-hydroxylation sites is 2. The monoisotopic (exact) mass is 475 g/mol. The maximum Gasteiger partial charge on any atom is 0.174 e. The number of anilines is 1. The lowest BCUT2D eigenvalue weighted by atomic mass is 10.0. The van der Waals surface area contributed by atoms with Crippen LogP contribution < -0.4 is 15.0 Å². The average molecular weight is 476 g/mol. The first-order valence-electron chi connectivity index (χ1n) is 10.6. The zero-order chi connectivity index (χ0) is 22.9. The highest BCUT2D eigenvalue weighted by Crippen LogP contribution is 2.45. The molecule has 1 N–H and O–H groups in total. The molecule has 1 aliphatic rings. The molecule has 2 atom stereocenters. The number of pyridine rings is 1. The molecule has 5 rings (SSSR count). The lowest BCUT2D eigenvalue weighted by Crippen LogP contribution is -2.29. The van der Waals surface area contributed by atoms with E-state index in [0.717, 1.165) is 39.8 Å². The van der Waals surface area contributed by atoms with E-state index in [9.17, 15) is 0 Å². The van der Waals surface area contributed by atoms with Gasteiger partial charge in [-0.25, -0.2) is 0 Å². The van der Waals surface area contributed by atoms with Crippen LogP contribution in [0.15, 0.2) is 83.4 Å². The van der Waals surface area contributed by atoms with Gasteiger partial charge in [-0.2, -0.15) is 0 Å². The molecular formula is C26H22ClN3O2S. The van der Waals surface area contributed by atoms with E-state index in [1.807, 2.05) is 84.6 Å². The van der Waals surface area contributed by atoms with E-state index in [0.29, 0.717) is 10.1 Å². The molecule has 5 nitrogen and oxygen atoms in total. The predicted molar refractivity (Wildman–Crippen MR) is 135 cm³/mol. The van der Waals surface area contributed by atoms with Crippen molar-refractivity contribution in [1.82, 2.24) is 10.3 Å². The van der Waals surface area contributed by atoms with Gasteiger partial charge in [0, 0.05) is 16.8 Å². The minimum Gasteiger partial charge on any atom is -0.495 e. The molecule has 0 aliphatic carbocycles. The van der Waals surface area contributed by atoms with Crippen molar-refractivity contribution in [3.63, 3.8) is 0 Å². The molecule has 0 radical (unpaired) electrons. The number of hydrogen-bond donors (Lipinski definition) is 1. The molecule has 166 valence electrons. The summed E-state index contributed by atoms with van der Waals surface area (Å²) in [6.07, 6.45) is 1.78. The summed E-state index contributed by atoms with van der Waals surface area (Å²) in [4.78, 5) is 6.64. The maximum absolute atomic E-state index is 6.45. The first-order valence-corrected chi connectivity index (χ1v) is 11.4. The van der Waals surface area contributed by atoms with Crippen LogP contribution in [-0.4, -0.2) is 17.2 Å². The molecule has 2 aromatic heterocycles. The molecule has 2 unspecified atom stereocenters. The van der Waals surface area contributed by atoms with Gasteiger partial charge in [0.15, 0.2) is 5.11 Å². The van der Waals surface area contributed by atoms with Gasteiger partial charge in [-0.3, -0.25) is 4.98 Å². The highest BCUT2D eigenvalue weighted by atomic mass is 35.5. The third-order valence-corrected chi connectivity index (χ3v) is 6.38. The second kappa shape index (κ2) is 8.89. The maximum atomic E-state index is 6.45. The van der Waals surface area contributed by atoms with Crippen molar-refractivity contribution in [2.45, 2.75) is 19.0 Å². The van der Waals surface area contributed by atoms with Crippen molar-refractivity contribution in [3.8, 4) is 17.1 Å². The Balaban J connectivity index is 1.64. The number of ether oxygens (including phenoxy) is 1. The molecule has 0 saturated carbocycles. The Kier molecular flexibility index (Phi) is 5.79. The second-order valence-electron chi connectivity index (χ2n) is 7.83. The van der Waals surface area contributed by atoms with Crippen LogP contribution in [0.5, 0.6) is 5.75 Å². The molecule has 1 fully saturated rings. The third-order valence-electron chi connectivity index (χ3n) is 5.83. The van der Waals surface area contributed by atoms with Crippen molar-refractivity contribution in [2.24, 2.45) is 0 Å². The van der Waals surface area contributed by atoms with E-state index in [2.05, 4.69) is 10.3 Å². The van der Waals surface area contributed by atoms with Crippen LogP contribution in [0.2, 0.25) is 5.02 Å². The summed E-state index contributed by atoms with van der Waals surface area (Å²) in [5, 5.41) is 4.69. The molecule has 0 spiro atoms. The molecule has 2 aromatic carbocycles. The molecule has 4 aromatic rings. The van der Waals surface area contributed by atoms with Gasteiger partial charge in [0.2, 0.25) is 0 Å². The van der Waals surface area contributed by atoms with Gasteiger partial charge < -0.3 is 19.4 Å². The number of rotatable bonds is 5. The molecule has 3 heterocycles. The fourth-order valence-electron chi connectivity index (χ4n) is 4.25. The van der Waals surface area contributed by atoms with Gasteiger partial charge in [0.1, 0.15) is 23.3 Å². The van der Waals surface area contributed by atoms with Crippen LogP contribution in [0.25, 0.3) is 11.3 Å². The van der Waals surface area contributed by atoms with Crippen LogP contribution in [0, 0.1) is 6.92 Å². The zero-order valence-corrected chi connectivity index (χ0v) is 19.7. The normalized spacial score (nSPS) is 17.8. The Morgan fingerprint density at radius 1 is 1.06 bits per heavy atom. The van der Waals surface area contributed by atoms with Crippen molar-refractivity contribution < 1.29 is 9.15 Å². The number of halogens is 1. The Bertz CT molecular complexity index is 1310. The summed E-state index contributed by atoms with van der Waals surface area (Å²) >= 11 is 12.1. The predicted octanol–water partition coefficient (Wildman–Crippen LogP) is 6.49. The van der Waals surface area contributed by atoms with Gasteiger partial charge in [-0.1, -0.05) is 35.9 Å². The summed E-state index contributed by atoms with van der Waals surface area (Å²) < 4.78 is 12.1. The van der Waals surface area contributed by atoms with E-state index in [1.165, 1.54) is 0 Å². The number of thiocarbonyl (C=S) groups is 1. The molecule has 1 saturated heterocycles. The Morgan fingerprint density at radius 2 is 1.88 bits per heavy atom. The van der Waals surface area contributed by atoms with Gasteiger partial charge in [-0.05, 0) is 73.2 Å². The SMILES string of the molecule is COc1ccccc1N1C(=S)NC(c2ccccn2)C1c1ccc(-c2cc(Cl)ccc2C)o1. The van der Waals surface area contributed by atoms with Gasteiger partial charge in [-0.15, -0.1) is 0 Å². The standard InChI is InChI=1S/C26H22ClN3O2S/c1-16-10-11-17(27)15-18(16)21-12-13-23(32-21)25-24(19-7-5-6-14-28-19)29-26(33)30(25)20-8-3-4-9-22(20)31-2/h3-15,24-25H,1-2H3,(H,29,33). The number of aromatic nitrogens is 1. The van der Waals surface area contributed by atoms with E-state index in [1.54, 1.807) is 13.3 Å². The van der Waals surface area contributed by atoms with Crippen LogP contribution in [0.4, 0.5) is 5.69 Å². The number of methoxy groups -OCH3 is 1. The fraction of sp³-hybridized carbons (Fsp3) is 0.154. The Hall–Kier alpha value is -3.35. The molecule has 33 heavy (non-hydrogen) atoms. The van der Waals surface area contributed by atoms with Gasteiger partial charge >= 0.3 is 0 Å². The molecule has 0 amide bonds. The third kappa shape index (κ3) is 3.96. The average Bonchev–Trinajstić information content (AvgIpc) is 3.45. The van der Waals surface area contributed by atoms with E-state index < -0.39 is 0 Å². The van der Waals surface area contributed by atoms with E-state index >= 15 is 0 Å². The minimum atomic E-state index is -0.267. The summed E-state index contributed by atoms with van der Waals surface area (Å²) in [5.41, 5.74) is 3.78. The van der Waals surface area contributed by atoms with Gasteiger partial charge in [0.05, 0.1) is 24.5 Å². The first-order chi connectivity index (χ1) is 16.1. The summed E-state index contributed by atoms with van der Waals surface area (Å²) in [7, 11) is 1.66. The summed E-state index contributed by atoms with van der Waals surface area (Å²) in [6.45, 7) is 2.04. The van der Waals surface area contributed by atoms with Crippen LogP contribution in [0.1, 0.15) is 29.1 Å². The van der Waals surface area contributed by atoms with Crippen LogP contribution in [-0.2, 0) is 0 Å². The summed E-state index contributed by atoms with van der Waals surface area (Å²) in [5.74, 6) is 2.24. The lowest BCUT2D eigenvalue weighted by molar-refractivity contribution is 0.409. The summed E-state index contributed by atoms with van der Waals surface area (Å²) in [6, 6.07) is 23.0. The van der Waals surface area contributed by atoms with Crippen molar-refractivity contribution in [3.05, 3.63) is 101 Å². The van der Waals surface area contributed by atoms with Gasteiger partial charge in [0.25, 0.3) is 0 Å². The highest BCUT2D eigenvalue weighted by Gasteiger charge is 2.43. The van der Waals surface area contributed by atoms with Crippen LogP contribution in [0.3, 0.4) is 0 Å². The number of aryl methyl sites for hydroxylation is 1. The zero-order valence-electron chi connectivity index (χ0n) is 18.2. The number of nitrogens with one attached hydrogen (secondary N) is 1. The van der Waals surface area contributed by atoms with Crippen LogP contribution >= 0.6 is 23.8 Å². The molecule has 7 heteroatoms. The Labute approximate surface area is 203 Å². The molecule has 0 bridgehead atoms. The second-order valence-corrected chi connectivity index (χ2v) is 8.65. The largest absolute Gasteiger partial charge is 0.495 e. The van der Waals surface area contributed by atoms with E-state index in [-0.39, 0.29) is 12.1 Å². The number of hydrogen-bond acceptors (Lipinski definition) is 4. The lowest BCUT2D eigenvalue weighted by Gasteiger charge is -2.27. The number of nitrogens with zero attached hydrogens (tertiary/aromatic N) is 2.